The molecule has 0 spiro atoms. The molecule has 0 aromatic rings. The van der Waals surface area contributed by atoms with Crippen molar-refractivity contribution in [2.45, 2.75) is 59.4 Å². The van der Waals surface area contributed by atoms with Gasteiger partial charge in [-0.05, 0) is 46.1 Å². The minimum atomic E-state index is -3.13. The molecule has 0 N–H and O–H groups in total. The first-order valence-electron chi connectivity index (χ1n) is 7.01. The predicted molar refractivity (Wildman–Crippen MR) is 77.7 cm³/mol. The van der Waals surface area contributed by atoms with E-state index in [1.54, 1.807) is 0 Å². The molecular formula is C14H25O5P. The smallest absolute Gasteiger partial charge is 0.331 e. The van der Waals surface area contributed by atoms with E-state index in [0.717, 1.165) is 0 Å². The van der Waals surface area contributed by atoms with E-state index in [4.69, 9.17) is 13.8 Å². The van der Waals surface area contributed by atoms with Crippen molar-refractivity contribution in [3.8, 4) is 0 Å². The Kier molecular flexibility index (Phi) is 6.44. The standard InChI is InChI=1S/C14H25O5P/c1-10(2)18-20(16,19-11(3)4)9-13-6-7-14(8-13)17-12(5)15/h6-7,10-11,13-14H,8-9H2,1-5H3/t13-,14+/m1/s1. The van der Waals surface area contributed by atoms with Gasteiger partial charge in [-0.3, -0.25) is 9.36 Å². The number of carbonyl (C=O) groups is 1. The van der Waals surface area contributed by atoms with Crippen LogP contribution in [-0.4, -0.2) is 30.4 Å². The zero-order valence-electron chi connectivity index (χ0n) is 12.9. The normalized spacial score (nSPS) is 22.8. The molecule has 5 nitrogen and oxygen atoms in total. The van der Waals surface area contributed by atoms with Crippen LogP contribution in [0, 0.1) is 5.92 Å². The Morgan fingerprint density at radius 3 is 2.20 bits per heavy atom. The van der Waals surface area contributed by atoms with E-state index in [1.807, 2.05) is 39.8 Å². The molecule has 116 valence electrons. The van der Waals surface area contributed by atoms with E-state index in [0.29, 0.717) is 12.6 Å². The van der Waals surface area contributed by atoms with Crippen LogP contribution in [0.5, 0.6) is 0 Å². The van der Waals surface area contributed by atoms with Gasteiger partial charge in [0.25, 0.3) is 0 Å². The summed E-state index contributed by atoms with van der Waals surface area (Å²) in [5.41, 5.74) is 0. The van der Waals surface area contributed by atoms with Crippen molar-refractivity contribution in [3.05, 3.63) is 12.2 Å². The molecule has 0 bridgehead atoms. The average Bonchev–Trinajstić information content (AvgIpc) is 2.60. The van der Waals surface area contributed by atoms with Gasteiger partial charge in [0.05, 0.1) is 18.4 Å². The SMILES string of the molecule is CC(=O)O[C@H]1C=C[C@@H](CP(=O)(OC(C)C)OC(C)C)C1. The fraction of sp³-hybridized carbons (Fsp3) is 0.786. The quantitative estimate of drug-likeness (QED) is 0.409. The summed E-state index contributed by atoms with van der Waals surface area (Å²) >= 11 is 0. The van der Waals surface area contributed by atoms with E-state index < -0.39 is 7.60 Å². The second-order valence-corrected chi connectivity index (χ2v) is 7.64. The van der Waals surface area contributed by atoms with Crippen LogP contribution in [0.15, 0.2) is 12.2 Å². The topological polar surface area (TPSA) is 61.8 Å². The van der Waals surface area contributed by atoms with Crippen molar-refractivity contribution in [2.24, 2.45) is 5.92 Å². The van der Waals surface area contributed by atoms with Gasteiger partial charge < -0.3 is 13.8 Å². The molecule has 0 fully saturated rings. The third-order valence-electron chi connectivity index (χ3n) is 2.65. The molecule has 1 aliphatic rings. The van der Waals surface area contributed by atoms with Crippen LogP contribution in [0.2, 0.25) is 0 Å². The predicted octanol–water partition coefficient (Wildman–Crippen LogP) is 3.54. The number of ether oxygens (including phenoxy) is 1. The molecule has 0 saturated heterocycles. The van der Waals surface area contributed by atoms with Gasteiger partial charge in [0.2, 0.25) is 0 Å². The van der Waals surface area contributed by atoms with E-state index >= 15 is 0 Å². The summed E-state index contributed by atoms with van der Waals surface area (Å²) in [4.78, 5) is 10.9. The Morgan fingerprint density at radius 2 is 1.75 bits per heavy atom. The number of rotatable bonds is 7. The molecule has 1 aliphatic carbocycles. The van der Waals surface area contributed by atoms with E-state index in [-0.39, 0.29) is 30.2 Å². The van der Waals surface area contributed by atoms with Crippen LogP contribution in [0.25, 0.3) is 0 Å². The first-order chi connectivity index (χ1) is 9.20. The van der Waals surface area contributed by atoms with Crippen molar-refractivity contribution in [2.75, 3.05) is 6.16 Å². The van der Waals surface area contributed by atoms with E-state index in [2.05, 4.69) is 0 Å². The van der Waals surface area contributed by atoms with Gasteiger partial charge in [-0.25, -0.2) is 0 Å². The molecule has 2 atom stereocenters. The fourth-order valence-electron chi connectivity index (χ4n) is 2.21. The Morgan fingerprint density at radius 1 is 1.20 bits per heavy atom. The first kappa shape index (κ1) is 17.4. The summed E-state index contributed by atoms with van der Waals surface area (Å²) in [5, 5.41) is 0. The number of esters is 1. The molecular weight excluding hydrogens is 279 g/mol. The van der Waals surface area contributed by atoms with Gasteiger partial charge in [-0.15, -0.1) is 0 Å². The average molecular weight is 304 g/mol. The Balaban J connectivity index is 2.61. The second kappa shape index (κ2) is 7.39. The van der Waals surface area contributed by atoms with Crippen LogP contribution in [0.4, 0.5) is 0 Å². The highest BCUT2D eigenvalue weighted by Gasteiger charge is 2.33. The maximum Gasteiger partial charge on any atom is 0.331 e. The van der Waals surface area contributed by atoms with Crippen LogP contribution >= 0.6 is 7.60 Å². The fourth-order valence-corrected chi connectivity index (χ4v) is 4.56. The minimum Gasteiger partial charge on any atom is -0.458 e. The summed E-state index contributed by atoms with van der Waals surface area (Å²) < 4.78 is 28.9. The zero-order valence-corrected chi connectivity index (χ0v) is 13.8. The summed E-state index contributed by atoms with van der Waals surface area (Å²) in [7, 11) is -3.13. The third-order valence-corrected chi connectivity index (χ3v) is 5.05. The molecule has 1 rings (SSSR count). The Hall–Kier alpha value is -0.640. The molecule has 0 aromatic heterocycles. The van der Waals surface area contributed by atoms with Gasteiger partial charge >= 0.3 is 13.6 Å². The van der Waals surface area contributed by atoms with Gasteiger partial charge in [0, 0.05) is 6.92 Å². The van der Waals surface area contributed by atoms with Crippen molar-refractivity contribution in [3.63, 3.8) is 0 Å². The van der Waals surface area contributed by atoms with E-state index in [1.165, 1.54) is 6.92 Å². The van der Waals surface area contributed by atoms with Gasteiger partial charge in [0.1, 0.15) is 6.10 Å². The number of hydrogen-bond acceptors (Lipinski definition) is 5. The minimum absolute atomic E-state index is 0.0442. The number of hydrogen-bond donors (Lipinski definition) is 0. The lowest BCUT2D eigenvalue weighted by Crippen LogP contribution is -2.17. The Labute approximate surface area is 121 Å². The number of carbonyl (C=O) groups excluding carboxylic acids is 1. The molecule has 0 amide bonds. The van der Waals surface area contributed by atoms with Crippen molar-refractivity contribution in [1.82, 2.24) is 0 Å². The van der Waals surface area contributed by atoms with Crippen LogP contribution < -0.4 is 0 Å². The zero-order chi connectivity index (χ0) is 15.3. The third kappa shape index (κ3) is 6.21. The number of allylic oxidation sites excluding steroid dienone is 1. The van der Waals surface area contributed by atoms with Crippen LogP contribution in [-0.2, 0) is 23.1 Å². The van der Waals surface area contributed by atoms with Crippen molar-refractivity contribution >= 4 is 13.6 Å². The first-order valence-corrected chi connectivity index (χ1v) is 8.74. The maximum absolute atomic E-state index is 12.7. The molecule has 0 unspecified atom stereocenters. The largest absolute Gasteiger partial charge is 0.458 e. The molecule has 0 aromatic carbocycles. The van der Waals surface area contributed by atoms with Crippen molar-refractivity contribution < 1.29 is 23.1 Å². The second-order valence-electron chi connectivity index (χ2n) is 5.63. The van der Waals surface area contributed by atoms with Gasteiger partial charge in [0.15, 0.2) is 0 Å². The van der Waals surface area contributed by atoms with Gasteiger partial charge in [-0.1, -0.05) is 6.08 Å². The summed E-state index contributed by atoms with van der Waals surface area (Å²) in [5.74, 6) is -0.261. The summed E-state index contributed by atoms with van der Waals surface area (Å²) in [6, 6.07) is 0. The lowest BCUT2D eigenvalue weighted by molar-refractivity contribution is -0.144. The van der Waals surface area contributed by atoms with Crippen molar-refractivity contribution in [1.29, 1.82) is 0 Å². The lowest BCUT2D eigenvalue weighted by atomic mass is 10.1. The van der Waals surface area contributed by atoms with Crippen LogP contribution in [0.3, 0.4) is 0 Å². The summed E-state index contributed by atoms with van der Waals surface area (Å²) in [6.45, 7) is 8.73. The van der Waals surface area contributed by atoms with Gasteiger partial charge in [-0.2, -0.15) is 0 Å². The molecule has 0 saturated carbocycles. The monoisotopic (exact) mass is 304 g/mol. The summed E-state index contributed by atoms with van der Waals surface area (Å²) in [6.07, 6.45) is 4.16. The molecule has 0 aliphatic heterocycles. The maximum atomic E-state index is 12.7. The van der Waals surface area contributed by atoms with E-state index in [9.17, 15) is 9.36 Å². The highest BCUT2D eigenvalue weighted by Crippen LogP contribution is 2.53. The lowest BCUT2D eigenvalue weighted by Gasteiger charge is -2.24. The molecule has 20 heavy (non-hydrogen) atoms. The molecule has 6 heteroatoms. The van der Waals surface area contributed by atoms with Crippen LogP contribution in [0.1, 0.15) is 41.0 Å². The molecule has 0 radical (unpaired) electrons. The highest BCUT2D eigenvalue weighted by atomic mass is 31.2. The molecule has 0 heterocycles. The Bertz CT molecular complexity index is 388. The highest BCUT2D eigenvalue weighted by molar-refractivity contribution is 7.53.